The molecule has 0 aliphatic carbocycles. The lowest BCUT2D eigenvalue weighted by atomic mass is 9.92. The van der Waals surface area contributed by atoms with Gasteiger partial charge in [-0.25, -0.2) is 0 Å². The molecule has 1 aromatic rings. The van der Waals surface area contributed by atoms with E-state index in [0.29, 0.717) is 32.3 Å². The number of nitrogens with zero attached hydrogens (tertiary/aromatic N) is 2. The second-order valence-corrected chi connectivity index (χ2v) is 5.72. The fourth-order valence-electron chi connectivity index (χ4n) is 3.04. The quantitative estimate of drug-likeness (QED) is 0.781. The molecule has 20 heavy (non-hydrogen) atoms. The van der Waals surface area contributed by atoms with Gasteiger partial charge in [-0.1, -0.05) is 6.07 Å². The SMILES string of the molecule is CC1c2ccc(C(=O)N3CCOCC3)cc2CCN1C. The van der Waals surface area contributed by atoms with E-state index in [1.807, 2.05) is 11.0 Å². The third-order valence-electron chi connectivity index (χ3n) is 4.53. The van der Waals surface area contributed by atoms with Crippen LogP contribution in [-0.4, -0.2) is 55.6 Å². The second kappa shape index (κ2) is 5.54. The van der Waals surface area contributed by atoms with Gasteiger partial charge in [-0.15, -0.1) is 0 Å². The van der Waals surface area contributed by atoms with E-state index in [-0.39, 0.29) is 5.91 Å². The van der Waals surface area contributed by atoms with Gasteiger partial charge in [0.2, 0.25) is 0 Å². The molecule has 1 unspecified atom stereocenters. The molecule has 2 heterocycles. The Morgan fingerprint density at radius 3 is 2.75 bits per heavy atom. The van der Waals surface area contributed by atoms with Gasteiger partial charge in [0, 0.05) is 31.2 Å². The molecule has 2 aliphatic heterocycles. The molecule has 0 N–H and O–H groups in total. The zero-order valence-corrected chi connectivity index (χ0v) is 12.3. The molecule has 0 bridgehead atoms. The smallest absolute Gasteiger partial charge is 0.254 e. The third kappa shape index (κ3) is 2.45. The number of benzene rings is 1. The first-order valence-electron chi connectivity index (χ1n) is 7.37. The van der Waals surface area contributed by atoms with Crippen LogP contribution in [0.5, 0.6) is 0 Å². The van der Waals surface area contributed by atoms with Gasteiger partial charge in [0.1, 0.15) is 0 Å². The van der Waals surface area contributed by atoms with Crippen LogP contribution in [0, 0.1) is 0 Å². The van der Waals surface area contributed by atoms with Gasteiger partial charge in [0.15, 0.2) is 0 Å². The summed E-state index contributed by atoms with van der Waals surface area (Å²) < 4.78 is 5.30. The highest BCUT2D eigenvalue weighted by Crippen LogP contribution is 2.29. The van der Waals surface area contributed by atoms with Gasteiger partial charge in [0.25, 0.3) is 5.91 Å². The summed E-state index contributed by atoms with van der Waals surface area (Å²) in [4.78, 5) is 16.7. The minimum atomic E-state index is 0.141. The number of carbonyl (C=O) groups is 1. The average Bonchev–Trinajstić information content (AvgIpc) is 2.51. The van der Waals surface area contributed by atoms with Crippen molar-refractivity contribution in [1.29, 1.82) is 0 Å². The first-order chi connectivity index (χ1) is 9.66. The molecule has 1 atom stereocenters. The zero-order chi connectivity index (χ0) is 14.1. The Bertz CT molecular complexity index is 509. The van der Waals surface area contributed by atoms with Crippen molar-refractivity contribution in [3.8, 4) is 0 Å². The van der Waals surface area contributed by atoms with Crippen LogP contribution in [0.25, 0.3) is 0 Å². The lowest BCUT2D eigenvalue weighted by molar-refractivity contribution is 0.0302. The summed E-state index contributed by atoms with van der Waals surface area (Å²) in [6.07, 6.45) is 1.03. The standard InChI is InChI=1S/C16H22N2O2/c1-12-15-4-3-14(11-13(15)5-6-17(12)2)16(19)18-7-9-20-10-8-18/h3-4,11-12H,5-10H2,1-2H3. The average molecular weight is 274 g/mol. The highest BCUT2D eigenvalue weighted by Gasteiger charge is 2.23. The predicted molar refractivity (Wildman–Crippen MR) is 77.9 cm³/mol. The number of carbonyl (C=O) groups excluding carboxylic acids is 1. The summed E-state index contributed by atoms with van der Waals surface area (Å²) in [6, 6.07) is 6.64. The van der Waals surface area contributed by atoms with E-state index in [1.165, 1.54) is 11.1 Å². The largest absolute Gasteiger partial charge is 0.378 e. The van der Waals surface area contributed by atoms with Crippen molar-refractivity contribution in [3.05, 3.63) is 34.9 Å². The third-order valence-corrected chi connectivity index (χ3v) is 4.53. The Morgan fingerprint density at radius 1 is 1.25 bits per heavy atom. The Hall–Kier alpha value is -1.39. The van der Waals surface area contributed by atoms with Crippen molar-refractivity contribution in [1.82, 2.24) is 9.80 Å². The normalized spacial score (nSPS) is 23.5. The molecule has 2 aliphatic rings. The van der Waals surface area contributed by atoms with Crippen molar-refractivity contribution >= 4 is 5.91 Å². The van der Waals surface area contributed by atoms with E-state index in [0.717, 1.165) is 18.5 Å². The molecular weight excluding hydrogens is 252 g/mol. The van der Waals surface area contributed by atoms with Gasteiger partial charge < -0.3 is 9.64 Å². The Morgan fingerprint density at radius 2 is 2.00 bits per heavy atom. The highest BCUT2D eigenvalue weighted by molar-refractivity contribution is 5.94. The van der Waals surface area contributed by atoms with Gasteiger partial charge in [-0.3, -0.25) is 9.69 Å². The van der Waals surface area contributed by atoms with E-state index in [1.54, 1.807) is 0 Å². The van der Waals surface area contributed by atoms with Gasteiger partial charge in [-0.2, -0.15) is 0 Å². The van der Waals surface area contributed by atoms with Crippen LogP contribution in [0.3, 0.4) is 0 Å². The molecule has 1 aromatic carbocycles. The highest BCUT2D eigenvalue weighted by atomic mass is 16.5. The monoisotopic (exact) mass is 274 g/mol. The number of hydrogen-bond donors (Lipinski definition) is 0. The number of rotatable bonds is 1. The number of hydrogen-bond acceptors (Lipinski definition) is 3. The maximum Gasteiger partial charge on any atom is 0.254 e. The number of morpholine rings is 1. The van der Waals surface area contributed by atoms with Gasteiger partial charge >= 0.3 is 0 Å². The molecule has 4 nitrogen and oxygen atoms in total. The van der Waals surface area contributed by atoms with Crippen LogP contribution < -0.4 is 0 Å². The van der Waals surface area contributed by atoms with Gasteiger partial charge in [0.05, 0.1) is 13.2 Å². The van der Waals surface area contributed by atoms with E-state index in [9.17, 15) is 4.79 Å². The Kier molecular flexibility index (Phi) is 3.76. The van der Waals surface area contributed by atoms with Crippen LogP contribution in [0.4, 0.5) is 0 Å². The molecule has 0 spiro atoms. The summed E-state index contributed by atoms with van der Waals surface area (Å²) >= 11 is 0. The number of amides is 1. The van der Waals surface area contributed by atoms with Crippen molar-refractivity contribution < 1.29 is 9.53 Å². The number of likely N-dealkylation sites (N-methyl/N-ethyl adjacent to an activating group) is 1. The molecule has 4 heteroatoms. The fourth-order valence-corrected chi connectivity index (χ4v) is 3.04. The predicted octanol–water partition coefficient (Wildman–Crippen LogP) is 1.71. The van der Waals surface area contributed by atoms with Crippen molar-refractivity contribution in [2.24, 2.45) is 0 Å². The lowest BCUT2D eigenvalue weighted by Crippen LogP contribution is -2.40. The molecule has 108 valence electrons. The van der Waals surface area contributed by atoms with Crippen LogP contribution in [0.1, 0.15) is 34.5 Å². The van der Waals surface area contributed by atoms with Crippen LogP contribution >= 0.6 is 0 Å². The summed E-state index contributed by atoms with van der Waals surface area (Å²) in [7, 11) is 2.15. The maximum absolute atomic E-state index is 12.5. The minimum absolute atomic E-state index is 0.141. The summed E-state index contributed by atoms with van der Waals surface area (Å²) in [6.45, 7) is 5.99. The molecule has 1 amide bonds. The summed E-state index contributed by atoms with van der Waals surface area (Å²) in [5.74, 6) is 0.141. The number of fused-ring (bicyclic) bond motifs is 1. The molecule has 0 saturated carbocycles. The Balaban J connectivity index is 1.83. The maximum atomic E-state index is 12.5. The van der Waals surface area contributed by atoms with E-state index < -0.39 is 0 Å². The molecule has 1 saturated heterocycles. The van der Waals surface area contributed by atoms with Crippen molar-refractivity contribution in [3.63, 3.8) is 0 Å². The molecule has 1 fully saturated rings. The molecule has 0 radical (unpaired) electrons. The summed E-state index contributed by atoms with van der Waals surface area (Å²) in [5, 5.41) is 0. The second-order valence-electron chi connectivity index (χ2n) is 5.72. The number of ether oxygens (including phenoxy) is 1. The van der Waals surface area contributed by atoms with Crippen LogP contribution in [0.15, 0.2) is 18.2 Å². The summed E-state index contributed by atoms with van der Waals surface area (Å²) in [5.41, 5.74) is 3.51. The molecular formula is C16H22N2O2. The first kappa shape index (κ1) is 13.6. The first-order valence-corrected chi connectivity index (χ1v) is 7.37. The Labute approximate surface area is 120 Å². The fraction of sp³-hybridized carbons (Fsp3) is 0.562. The van der Waals surface area contributed by atoms with Crippen LogP contribution in [-0.2, 0) is 11.2 Å². The molecule has 0 aromatic heterocycles. The minimum Gasteiger partial charge on any atom is -0.378 e. The van der Waals surface area contributed by atoms with E-state index >= 15 is 0 Å². The van der Waals surface area contributed by atoms with E-state index in [2.05, 4.69) is 31.0 Å². The van der Waals surface area contributed by atoms with E-state index in [4.69, 9.17) is 4.74 Å². The zero-order valence-electron chi connectivity index (χ0n) is 12.3. The van der Waals surface area contributed by atoms with Gasteiger partial charge in [-0.05, 0) is 43.7 Å². The topological polar surface area (TPSA) is 32.8 Å². The van der Waals surface area contributed by atoms with Crippen LogP contribution in [0.2, 0.25) is 0 Å². The lowest BCUT2D eigenvalue weighted by Gasteiger charge is -2.33. The molecule has 3 rings (SSSR count). The van der Waals surface area contributed by atoms with Crippen molar-refractivity contribution in [2.75, 3.05) is 39.9 Å². The van der Waals surface area contributed by atoms with Crippen molar-refractivity contribution in [2.45, 2.75) is 19.4 Å².